The molecule has 0 radical (unpaired) electrons. The maximum atomic E-state index is 12.2. The number of nitrogens with zero attached hydrogens (tertiary/aromatic N) is 5. The lowest BCUT2D eigenvalue weighted by Gasteiger charge is -2.19. The number of aryl methyl sites for hydroxylation is 1. The van der Waals surface area contributed by atoms with Crippen LogP contribution in [0.4, 0.5) is 0 Å². The second kappa shape index (κ2) is 8.15. The molecule has 1 saturated heterocycles. The number of hydrogen-bond donors (Lipinski definition) is 1. The first-order valence-electron chi connectivity index (χ1n) is 8.67. The van der Waals surface area contributed by atoms with E-state index in [1.165, 1.54) is 10.8 Å². The zero-order chi connectivity index (χ0) is 20.3. The van der Waals surface area contributed by atoms with Crippen molar-refractivity contribution in [1.29, 1.82) is 0 Å². The van der Waals surface area contributed by atoms with Gasteiger partial charge in [-0.2, -0.15) is 0 Å². The first kappa shape index (κ1) is 19.5. The van der Waals surface area contributed by atoms with Crippen LogP contribution in [0.25, 0.3) is 10.4 Å². The lowest BCUT2D eigenvalue weighted by Crippen LogP contribution is -2.33. The van der Waals surface area contributed by atoms with Crippen molar-refractivity contribution >= 4 is 5.97 Å². The monoisotopic (exact) mass is 388 g/mol. The Kier molecular flexibility index (Phi) is 5.67. The number of allylic oxidation sites excluding steroid dienone is 1. The number of H-pyrrole nitrogens is 1. The molecule has 3 rings (SSSR count). The van der Waals surface area contributed by atoms with Crippen LogP contribution >= 0.6 is 0 Å². The zero-order valence-corrected chi connectivity index (χ0v) is 15.4. The van der Waals surface area contributed by atoms with E-state index in [1.54, 1.807) is 25.1 Å². The summed E-state index contributed by atoms with van der Waals surface area (Å²) in [4.78, 5) is 42.6. The van der Waals surface area contributed by atoms with Gasteiger partial charge in [0.05, 0.1) is 11.6 Å². The highest BCUT2D eigenvalue weighted by atomic mass is 16.6. The highest BCUT2D eigenvalue weighted by Crippen LogP contribution is 2.30. The number of aromatic nitrogens is 2. The van der Waals surface area contributed by atoms with E-state index in [2.05, 4.69) is 15.0 Å². The van der Waals surface area contributed by atoms with Crippen LogP contribution in [0.3, 0.4) is 0 Å². The Morgan fingerprint density at radius 1 is 1.50 bits per heavy atom. The third-order valence-corrected chi connectivity index (χ3v) is 4.54. The van der Waals surface area contributed by atoms with Crippen LogP contribution in [-0.4, -0.2) is 46.2 Å². The minimum absolute atomic E-state index is 0.124. The number of esters is 1. The van der Waals surface area contributed by atoms with Gasteiger partial charge in [0.15, 0.2) is 0 Å². The number of rotatable bonds is 5. The maximum Gasteiger partial charge on any atom is 0.335 e. The highest BCUT2D eigenvalue weighted by molar-refractivity contribution is 5.88. The van der Waals surface area contributed by atoms with E-state index in [-0.39, 0.29) is 13.0 Å². The van der Waals surface area contributed by atoms with E-state index in [0.717, 1.165) is 0 Å². The maximum absolute atomic E-state index is 12.2. The summed E-state index contributed by atoms with van der Waals surface area (Å²) >= 11 is 0. The van der Waals surface area contributed by atoms with Gasteiger partial charge in [-0.3, -0.25) is 14.3 Å². The van der Waals surface area contributed by atoms with Crippen LogP contribution < -0.4 is 11.2 Å². The van der Waals surface area contributed by atoms with Gasteiger partial charge in [-0.1, -0.05) is 11.2 Å². The summed E-state index contributed by atoms with van der Waals surface area (Å²) in [7, 11) is 1.80. The van der Waals surface area contributed by atoms with Crippen molar-refractivity contribution in [1.82, 2.24) is 14.5 Å². The Labute approximate surface area is 159 Å². The number of hydrogen-bond acceptors (Lipinski definition) is 7. The standard InChI is InChI=1S/C17H20N6O5/c1-10-7-23(17(26)19-15(10)24)14-6-12(20-21-18)13(28-14)9-27-16(25)11-4-3-5-22(2)8-11/h3,5,7-8,12-14H,4,6,9H2,1-2H3,(H,19,24,26)/t12?,13-,14-/m1/s1. The van der Waals surface area contributed by atoms with Gasteiger partial charge in [-0.25, -0.2) is 9.59 Å². The molecule has 11 nitrogen and oxygen atoms in total. The van der Waals surface area contributed by atoms with Crippen LogP contribution in [0.15, 0.2) is 44.9 Å². The number of carbonyl (C=O) groups excluding carboxylic acids is 1. The topological polar surface area (TPSA) is 142 Å². The molecule has 0 spiro atoms. The van der Waals surface area contributed by atoms with Gasteiger partial charge in [0.25, 0.3) is 5.56 Å². The summed E-state index contributed by atoms with van der Waals surface area (Å²) in [6.07, 6.45) is 5.97. The summed E-state index contributed by atoms with van der Waals surface area (Å²) in [5.41, 5.74) is 8.54. The normalized spacial score (nSPS) is 23.9. The Bertz CT molecular complexity index is 986. The Balaban J connectivity index is 1.71. The van der Waals surface area contributed by atoms with Gasteiger partial charge in [0, 0.05) is 42.8 Å². The fraction of sp³-hybridized carbons (Fsp3) is 0.471. The largest absolute Gasteiger partial charge is 0.460 e. The first-order chi connectivity index (χ1) is 13.4. The summed E-state index contributed by atoms with van der Waals surface area (Å²) in [5.74, 6) is -0.486. The minimum atomic E-state index is -0.745. The number of nitrogens with one attached hydrogen (secondary N) is 1. The molecule has 1 fully saturated rings. The van der Waals surface area contributed by atoms with E-state index < -0.39 is 35.6 Å². The molecule has 28 heavy (non-hydrogen) atoms. The molecule has 0 saturated carbocycles. The molecule has 1 aromatic heterocycles. The molecule has 2 aliphatic heterocycles. The molecule has 148 valence electrons. The zero-order valence-electron chi connectivity index (χ0n) is 15.4. The minimum Gasteiger partial charge on any atom is -0.460 e. The highest BCUT2D eigenvalue weighted by Gasteiger charge is 2.37. The van der Waals surface area contributed by atoms with Crippen molar-refractivity contribution in [2.45, 2.75) is 38.1 Å². The Morgan fingerprint density at radius 3 is 3.00 bits per heavy atom. The molecule has 3 heterocycles. The molecule has 0 aromatic carbocycles. The second-order valence-electron chi connectivity index (χ2n) is 6.62. The average molecular weight is 388 g/mol. The average Bonchev–Trinajstić information content (AvgIpc) is 3.05. The molecule has 1 N–H and O–H groups in total. The predicted octanol–water partition coefficient (Wildman–Crippen LogP) is 1.09. The van der Waals surface area contributed by atoms with Gasteiger partial charge in [-0.05, 0) is 18.7 Å². The number of ether oxygens (including phenoxy) is 2. The molecular formula is C17H20N6O5. The van der Waals surface area contributed by atoms with Gasteiger partial charge >= 0.3 is 11.7 Å². The lowest BCUT2D eigenvalue weighted by atomic mass is 10.1. The molecule has 2 aliphatic rings. The van der Waals surface area contributed by atoms with E-state index in [4.69, 9.17) is 15.0 Å². The molecule has 0 amide bonds. The van der Waals surface area contributed by atoms with Crippen LogP contribution in [-0.2, 0) is 14.3 Å². The third-order valence-electron chi connectivity index (χ3n) is 4.54. The first-order valence-corrected chi connectivity index (χ1v) is 8.67. The summed E-state index contributed by atoms with van der Waals surface area (Å²) in [6.45, 7) is 1.44. The number of carbonyl (C=O) groups is 1. The van der Waals surface area contributed by atoms with Crippen LogP contribution in [0, 0.1) is 6.92 Å². The molecular weight excluding hydrogens is 368 g/mol. The van der Waals surface area contributed by atoms with Gasteiger partial charge in [0.1, 0.15) is 18.9 Å². The third kappa shape index (κ3) is 4.16. The smallest absolute Gasteiger partial charge is 0.335 e. The van der Waals surface area contributed by atoms with E-state index in [9.17, 15) is 14.4 Å². The fourth-order valence-corrected chi connectivity index (χ4v) is 3.10. The predicted molar refractivity (Wildman–Crippen MR) is 98.1 cm³/mol. The van der Waals surface area contributed by atoms with Crippen LogP contribution in [0.1, 0.15) is 24.6 Å². The second-order valence-corrected chi connectivity index (χ2v) is 6.62. The van der Waals surface area contributed by atoms with Crippen LogP contribution in [0.5, 0.6) is 0 Å². The summed E-state index contributed by atoms with van der Waals surface area (Å²) < 4.78 is 12.4. The van der Waals surface area contributed by atoms with E-state index >= 15 is 0 Å². The van der Waals surface area contributed by atoms with Crippen molar-refractivity contribution < 1.29 is 14.3 Å². The van der Waals surface area contributed by atoms with Crippen molar-refractivity contribution in [3.8, 4) is 0 Å². The SMILES string of the molecule is Cc1cn([C@H]2CC(N=[N+]=[N-])[C@@H](COC(=O)C3=CN(C)C=CC3)O2)c(=O)[nH]c1=O. The number of aromatic amines is 1. The fourth-order valence-electron chi connectivity index (χ4n) is 3.10. The van der Waals surface area contributed by atoms with Crippen molar-refractivity contribution in [3.63, 3.8) is 0 Å². The molecule has 0 bridgehead atoms. The Morgan fingerprint density at radius 2 is 2.29 bits per heavy atom. The quantitative estimate of drug-likeness (QED) is 0.346. The number of azide groups is 1. The Hall–Kier alpha value is -3.30. The summed E-state index contributed by atoms with van der Waals surface area (Å²) in [5, 5.41) is 3.70. The van der Waals surface area contributed by atoms with Gasteiger partial charge in [-0.15, -0.1) is 0 Å². The van der Waals surface area contributed by atoms with E-state index in [1.807, 2.05) is 12.3 Å². The van der Waals surface area contributed by atoms with E-state index in [0.29, 0.717) is 17.6 Å². The van der Waals surface area contributed by atoms with Crippen molar-refractivity contribution in [3.05, 3.63) is 67.1 Å². The molecule has 3 atom stereocenters. The lowest BCUT2D eigenvalue weighted by molar-refractivity contribution is -0.144. The molecule has 1 unspecified atom stereocenters. The molecule has 0 aliphatic carbocycles. The van der Waals surface area contributed by atoms with Gasteiger partial charge < -0.3 is 14.4 Å². The van der Waals surface area contributed by atoms with Crippen LogP contribution in [0.2, 0.25) is 0 Å². The summed E-state index contributed by atoms with van der Waals surface area (Å²) in [6, 6.07) is -0.621. The van der Waals surface area contributed by atoms with Crippen molar-refractivity contribution in [2.75, 3.05) is 13.7 Å². The van der Waals surface area contributed by atoms with Crippen molar-refractivity contribution in [2.24, 2.45) is 5.11 Å². The molecule has 11 heteroatoms. The van der Waals surface area contributed by atoms with Gasteiger partial charge in [0.2, 0.25) is 0 Å². The molecule has 1 aromatic rings.